The van der Waals surface area contributed by atoms with Gasteiger partial charge in [0, 0.05) is 12.4 Å². The average Bonchev–Trinajstić information content (AvgIpc) is 3.04. The van der Waals surface area contributed by atoms with Crippen LogP contribution in [-0.2, 0) is 4.79 Å². The summed E-state index contributed by atoms with van der Waals surface area (Å²) in [5.41, 5.74) is 0.993. The number of anilines is 1. The lowest BCUT2D eigenvalue weighted by Crippen LogP contribution is -2.21. The van der Waals surface area contributed by atoms with Gasteiger partial charge in [-0.2, -0.15) is 10.1 Å². The molecule has 15 heavy (non-hydrogen) atoms. The Labute approximate surface area is 86.8 Å². The molecule has 0 unspecified atom stereocenters. The van der Waals surface area contributed by atoms with Crippen molar-refractivity contribution >= 4 is 17.6 Å². The van der Waals surface area contributed by atoms with E-state index in [1.54, 1.807) is 18.5 Å². The van der Waals surface area contributed by atoms with Crippen molar-refractivity contribution in [2.45, 2.75) is 19.3 Å². The molecule has 1 aromatic heterocycles. The SMILES string of the molecule is O=C1CC(C2CC2)=NN1c1ncccn1. The maximum absolute atomic E-state index is 11.6. The number of rotatable bonds is 2. The molecule has 1 aliphatic heterocycles. The number of nitrogens with zero attached hydrogens (tertiary/aromatic N) is 4. The van der Waals surface area contributed by atoms with Crippen molar-refractivity contribution in [1.82, 2.24) is 9.97 Å². The van der Waals surface area contributed by atoms with Crippen LogP contribution in [-0.4, -0.2) is 21.6 Å². The largest absolute Gasteiger partial charge is 0.272 e. The predicted molar refractivity (Wildman–Crippen MR) is 54.3 cm³/mol. The summed E-state index contributed by atoms with van der Waals surface area (Å²) in [7, 11) is 0. The van der Waals surface area contributed by atoms with Gasteiger partial charge in [0.25, 0.3) is 11.9 Å². The predicted octanol–water partition coefficient (Wildman–Crippen LogP) is 0.979. The van der Waals surface area contributed by atoms with Crippen LogP contribution in [0.4, 0.5) is 5.95 Å². The Balaban J connectivity index is 1.90. The Morgan fingerprint density at radius 3 is 2.67 bits per heavy atom. The van der Waals surface area contributed by atoms with Gasteiger partial charge in [0.15, 0.2) is 0 Å². The van der Waals surface area contributed by atoms with Gasteiger partial charge < -0.3 is 0 Å². The Morgan fingerprint density at radius 2 is 2.00 bits per heavy atom. The van der Waals surface area contributed by atoms with Crippen LogP contribution >= 0.6 is 0 Å². The molecule has 0 aromatic carbocycles. The van der Waals surface area contributed by atoms with Crippen molar-refractivity contribution in [3.05, 3.63) is 18.5 Å². The van der Waals surface area contributed by atoms with Crippen LogP contribution in [0.25, 0.3) is 0 Å². The number of carbonyl (C=O) groups is 1. The summed E-state index contributed by atoms with van der Waals surface area (Å²) in [5.74, 6) is 0.879. The molecule has 1 aromatic rings. The van der Waals surface area contributed by atoms with Crippen LogP contribution in [0.15, 0.2) is 23.6 Å². The van der Waals surface area contributed by atoms with Crippen LogP contribution in [0.2, 0.25) is 0 Å². The van der Waals surface area contributed by atoms with Gasteiger partial charge in [-0.25, -0.2) is 9.97 Å². The van der Waals surface area contributed by atoms with E-state index < -0.39 is 0 Å². The molecule has 5 nitrogen and oxygen atoms in total. The van der Waals surface area contributed by atoms with Crippen LogP contribution in [0.1, 0.15) is 19.3 Å². The highest BCUT2D eigenvalue weighted by Crippen LogP contribution is 2.34. The molecule has 2 aliphatic rings. The third-order valence-corrected chi connectivity index (χ3v) is 2.59. The molecular weight excluding hydrogens is 192 g/mol. The molecule has 1 aliphatic carbocycles. The van der Waals surface area contributed by atoms with E-state index in [4.69, 9.17) is 0 Å². The molecule has 1 amide bonds. The van der Waals surface area contributed by atoms with Crippen LogP contribution in [0.3, 0.4) is 0 Å². The Kier molecular flexibility index (Phi) is 1.77. The maximum atomic E-state index is 11.6. The molecule has 2 heterocycles. The number of amides is 1. The monoisotopic (exact) mass is 202 g/mol. The Morgan fingerprint density at radius 1 is 1.27 bits per heavy atom. The molecule has 0 radical (unpaired) electrons. The van der Waals surface area contributed by atoms with E-state index in [9.17, 15) is 4.79 Å². The van der Waals surface area contributed by atoms with Crippen molar-refractivity contribution in [1.29, 1.82) is 0 Å². The minimum atomic E-state index is -0.0249. The Bertz CT molecular complexity index is 424. The molecule has 0 saturated heterocycles. The summed E-state index contributed by atoms with van der Waals surface area (Å²) in [6.07, 6.45) is 5.98. The van der Waals surface area contributed by atoms with Crippen molar-refractivity contribution < 1.29 is 4.79 Å². The Hall–Kier alpha value is -1.78. The van der Waals surface area contributed by atoms with E-state index in [1.165, 1.54) is 5.01 Å². The van der Waals surface area contributed by atoms with Crippen LogP contribution < -0.4 is 5.01 Å². The fraction of sp³-hybridized carbons (Fsp3) is 0.400. The molecule has 76 valence electrons. The van der Waals surface area contributed by atoms with Gasteiger partial charge in [-0.3, -0.25) is 4.79 Å². The number of carbonyl (C=O) groups excluding carboxylic acids is 1. The minimum absolute atomic E-state index is 0.0249. The van der Waals surface area contributed by atoms with E-state index in [0.29, 0.717) is 18.3 Å². The summed E-state index contributed by atoms with van der Waals surface area (Å²) in [6.45, 7) is 0. The lowest BCUT2D eigenvalue weighted by atomic mass is 10.2. The lowest BCUT2D eigenvalue weighted by molar-refractivity contribution is -0.117. The fourth-order valence-corrected chi connectivity index (χ4v) is 1.65. The van der Waals surface area contributed by atoms with E-state index in [-0.39, 0.29) is 5.91 Å². The number of hydrogen-bond acceptors (Lipinski definition) is 4. The number of aromatic nitrogens is 2. The summed E-state index contributed by atoms with van der Waals surface area (Å²) in [4.78, 5) is 19.7. The lowest BCUT2D eigenvalue weighted by Gasteiger charge is -2.07. The topological polar surface area (TPSA) is 58.5 Å². The average molecular weight is 202 g/mol. The molecule has 1 saturated carbocycles. The van der Waals surface area contributed by atoms with Crippen molar-refractivity contribution in [2.75, 3.05) is 5.01 Å². The first-order chi connectivity index (χ1) is 7.34. The van der Waals surface area contributed by atoms with Gasteiger partial charge in [-0.1, -0.05) is 0 Å². The standard InChI is InChI=1S/C10H10N4O/c15-9-6-8(7-2-3-7)13-14(9)10-11-4-1-5-12-10/h1,4-5,7H,2-3,6H2. The third kappa shape index (κ3) is 1.49. The minimum Gasteiger partial charge on any atom is -0.272 e. The fourth-order valence-electron chi connectivity index (χ4n) is 1.65. The first kappa shape index (κ1) is 8.52. The van der Waals surface area contributed by atoms with Crippen molar-refractivity contribution in [3.63, 3.8) is 0 Å². The molecule has 3 rings (SSSR count). The van der Waals surface area contributed by atoms with Crippen LogP contribution in [0, 0.1) is 5.92 Å². The first-order valence-electron chi connectivity index (χ1n) is 5.02. The molecule has 0 spiro atoms. The zero-order valence-corrected chi connectivity index (χ0v) is 8.13. The highest BCUT2D eigenvalue weighted by molar-refractivity contribution is 6.13. The number of hydrazone groups is 1. The second kappa shape index (κ2) is 3.12. The molecular formula is C10H10N4O. The van der Waals surface area contributed by atoms with Gasteiger partial charge in [-0.15, -0.1) is 0 Å². The van der Waals surface area contributed by atoms with Gasteiger partial charge in [0.05, 0.1) is 12.1 Å². The van der Waals surface area contributed by atoms with Gasteiger partial charge in [0.2, 0.25) is 0 Å². The van der Waals surface area contributed by atoms with E-state index in [2.05, 4.69) is 15.1 Å². The van der Waals surface area contributed by atoms with Crippen molar-refractivity contribution in [3.8, 4) is 0 Å². The second-order valence-corrected chi connectivity index (χ2v) is 3.80. The summed E-state index contributed by atoms with van der Waals surface area (Å²) in [6, 6.07) is 1.72. The van der Waals surface area contributed by atoms with E-state index in [0.717, 1.165) is 18.6 Å². The first-order valence-corrected chi connectivity index (χ1v) is 5.02. The molecule has 0 N–H and O–H groups in total. The second-order valence-electron chi connectivity index (χ2n) is 3.80. The zero-order valence-electron chi connectivity index (χ0n) is 8.13. The van der Waals surface area contributed by atoms with Crippen molar-refractivity contribution in [2.24, 2.45) is 11.0 Å². The zero-order chi connectivity index (χ0) is 10.3. The van der Waals surface area contributed by atoms with Gasteiger partial charge >= 0.3 is 0 Å². The quantitative estimate of drug-likeness (QED) is 0.718. The summed E-state index contributed by atoms with van der Waals surface area (Å²) < 4.78 is 0. The van der Waals surface area contributed by atoms with E-state index in [1.807, 2.05) is 0 Å². The number of hydrogen-bond donors (Lipinski definition) is 0. The summed E-state index contributed by atoms with van der Waals surface area (Å²) >= 11 is 0. The van der Waals surface area contributed by atoms with Gasteiger partial charge in [-0.05, 0) is 24.8 Å². The normalized spacial score (nSPS) is 20.7. The summed E-state index contributed by atoms with van der Waals surface area (Å²) in [5, 5.41) is 5.59. The van der Waals surface area contributed by atoms with Crippen LogP contribution in [0.5, 0.6) is 0 Å². The highest BCUT2D eigenvalue weighted by atomic mass is 16.2. The highest BCUT2D eigenvalue weighted by Gasteiger charge is 2.36. The smallest absolute Gasteiger partial charge is 0.255 e. The molecule has 5 heteroatoms. The maximum Gasteiger partial charge on any atom is 0.255 e. The third-order valence-electron chi connectivity index (χ3n) is 2.59. The molecule has 1 fully saturated rings. The van der Waals surface area contributed by atoms with E-state index >= 15 is 0 Å². The van der Waals surface area contributed by atoms with Gasteiger partial charge in [0.1, 0.15) is 0 Å². The molecule has 0 bridgehead atoms. The molecule has 0 atom stereocenters.